The molecule has 138 valence electrons. The molecule has 4 nitrogen and oxygen atoms in total. The summed E-state index contributed by atoms with van der Waals surface area (Å²) in [7, 11) is 0. The zero-order valence-corrected chi connectivity index (χ0v) is 15.9. The number of ether oxygens (including phenoxy) is 1. The smallest absolute Gasteiger partial charge is 0.211 e. The van der Waals surface area contributed by atoms with Gasteiger partial charge in [0.2, 0.25) is 6.23 Å². The average Bonchev–Trinajstić information content (AvgIpc) is 3.08. The van der Waals surface area contributed by atoms with E-state index in [-0.39, 0.29) is 6.23 Å². The van der Waals surface area contributed by atoms with Gasteiger partial charge in [0.15, 0.2) is 0 Å². The van der Waals surface area contributed by atoms with Crippen LogP contribution >= 0.6 is 0 Å². The molecule has 2 N–H and O–H groups in total. The van der Waals surface area contributed by atoms with E-state index >= 15 is 0 Å². The lowest BCUT2D eigenvalue weighted by Gasteiger charge is -2.26. The normalized spacial score (nSPS) is 15.6. The van der Waals surface area contributed by atoms with Gasteiger partial charge in [0, 0.05) is 28.9 Å². The topological polar surface area (TPSA) is 49.9 Å². The highest BCUT2D eigenvalue weighted by molar-refractivity contribution is 5.98. The van der Waals surface area contributed by atoms with E-state index < -0.39 is 0 Å². The Morgan fingerprint density at radius 2 is 1.79 bits per heavy atom. The summed E-state index contributed by atoms with van der Waals surface area (Å²) in [5, 5.41) is 4.54. The molecule has 3 heterocycles. The SMILES string of the molecule is Cc1cccc(C2=CNC(Oc3ccccc3)c3[nH]c4ncc(C)cc4c32)c1. The number of nitrogens with one attached hydrogen (secondary N) is 2. The van der Waals surface area contributed by atoms with E-state index in [1.165, 1.54) is 11.1 Å². The maximum Gasteiger partial charge on any atom is 0.211 e. The second-order valence-electron chi connectivity index (χ2n) is 7.23. The van der Waals surface area contributed by atoms with Gasteiger partial charge in [0.1, 0.15) is 11.4 Å². The maximum atomic E-state index is 6.23. The molecule has 0 radical (unpaired) electrons. The first kappa shape index (κ1) is 16.6. The fraction of sp³-hybridized carbons (Fsp3) is 0.125. The Hall–Kier alpha value is -3.53. The minimum atomic E-state index is -0.305. The van der Waals surface area contributed by atoms with Crippen molar-refractivity contribution in [1.82, 2.24) is 15.3 Å². The Kier molecular flexibility index (Phi) is 3.90. The van der Waals surface area contributed by atoms with Gasteiger partial charge < -0.3 is 15.0 Å². The van der Waals surface area contributed by atoms with Crippen LogP contribution in [0.5, 0.6) is 5.75 Å². The number of fused-ring (bicyclic) bond motifs is 3. The predicted octanol–water partition coefficient (Wildman–Crippen LogP) is 5.25. The molecule has 0 saturated heterocycles. The van der Waals surface area contributed by atoms with Gasteiger partial charge in [-0.2, -0.15) is 0 Å². The Morgan fingerprint density at radius 3 is 2.61 bits per heavy atom. The molecule has 0 bridgehead atoms. The van der Waals surface area contributed by atoms with Crippen LogP contribution in [0.4, 0.5) is 0 Å². The lowest BCUT2D eigenvalue weighted by molar-refractivity contribution is 0.178. The van der Waals surface area contributed by atoms with Crippen molar-refractivity contribution in [3.8, 4) is 5.75 Å². The van der Waals surface area contributed by atoms with E-state index in [2.05, 4.69) is 65.7 Å². The van der Waals surface area contributed by atoms with Crippen LogP contribution in [0.15, 0.2) is 73.1 Å². The summed E-state index contributed by atoms with van der Waals surface area (Å²) < 4.78 is 6.23. The number of rotatable bonds is 3. The van der Waals surface area contributed by atoms with Gasteiger partial charge in [-0.1, -0.05) is 48.0 Å². The molecule has 0 aliphatic carbocycles. The Bertz CT molecular complexity index is 1190. The number of aryl methyl sites for hydroxylation is 2. The summed E-state index contributed by atoms with van der Waals surface area (Å²) in [6.07, 6.45) is 3.64. The number of aromatic amines is 1. The van der Waals surface area contributed by atoms with Crippen LogP contribution in [-0.4, -0.2) is 9.97 Å². The summed E-state index contributed by atoms with van der Waals surface area (Å²) in [6.45, 7) is 4.18. The van der Waals surface area contributed by atoms with E-state index in [0.717, 1.165) is 39.2 Å². The fourth-order valence-corrected chi connectivity index (χ4v) is 3.76. The zero-order chi connectivity index (χ0) is 19.1. The fourth-order valence-electron chi connectivity index (χ4n) is 3.76. The predicted molar refractivity (Wildman–Crippen MR) is 112 cm³/mol. The quantitative estimate of drug-likeness (QED) is 0.520. The number of nitrogens with zero attached hydrogens (tertiary/aromatic N) is 1. The molecule has 4 aromatic rings. The molecule has 2 aromatic heterocycles. The summed E-state index contributed by atoms with van der Waals surface area (Å²) in [5.41, 5.74) is 7.71. The number of hydrogen-bond donors (Lipinski definition) is 2. The molecule has 0 saturated carbocycles. The molecule has 2 aromatic carbocycles. The van der Waals surface area contributed by atoms with Crippen molar-refractivity contribution >= 4 is 16.6 Å². The second-order valence-corrected chi connectivity index (χ2v) is 7.23. The molecule has 28 heavy (non-hydrogen) atoms. The second kappa shape index (κ2) is 6.57. The van der Waals surface area contributed by atoms with Crippen LogP contribution in [0.3, 0.4) is 0 Å². The van der Waals surface area contributed by atoms with Crippen LogP contribution in [0.1, 0.15) is 34.2 Å². The van der Waals surface area contributed by atoms with Crippen molar-refractivity contribution in [2.24, 2.45) is 0 Å². The Balaban J connectivity index is 1.67. The van der Waals surface area contributed by atoms with Gasteiger partial charge in [0.05, 0.1) is 5.69 Å². The van der Waals surface area contributed by atoms with Gasteiger partial charge in [0.25, 0.3) is 0 Å². The van der Waals surface area contributed by atoms with Crippen molar-refractivity contribution in [3.63, 3.8) is 0 Å². The average molecular weight is 367 g/mol. The molecular formula is C24H21N3O. The minimum Gasteiger partial charge on any atom is -0.465 e. The Morgan fingerprint density at radius 1 is 0.929 bits per heavy atom. The molecule has 1 aliphatic rings. The highest BCUT2D eigenvalue weighted by Crippen LogP contribution is 2.39. The number of hydrogen-bond acceptors (Lipinski definition) is 3. The lowest BCUT2D eigenvalue weighted by atomic mass is 9.93. The largest absolute Gasteiger partial charge is 0.465 e. The van der Waals surface area contributed by atoms with Crippen molar-refractivity contribution in [2.75, 3.05) is 0 Å². The Labute approximate surface area is 163 Å². The van der Waals surface area contributed by atoms with E-state index in [0.29, 0.717) is 0 Å². The molecular weight excluding hydrogens is 346 g/mol. The molecule has 5 rings (SSSR count). The molecule has 0 fully saturated rings. The molecule has 0 spiro atoms. The summed E-state index contributed by atoms with van der Waals surface area (Å²) in [4.78, 5) is 8.10. The van der Waals surface area contributed by atoms with Gasteiger partial charge in [-0.3, -0.25) is 0 Å². The summed E-state index contributed by atoms with van der Waals surface area (Å²) in [5.74, 6) is 0.821. The minimum absolute atomic E-state index is 0.305. The maximum absolute atomic E-state index is 6.23. The monoisotopic (exact) mass is 367 g/mol. The first-order chi connectivity index (χ1) is 13.7. The third kappa shape index (κ3) is 2.83. The number of aromatic nitrogens is 2. The van der Waals surface area contributed by atoms with Crippen molar-refractivity contribution in [3.05, 3.63) is 101 Å². The van der Waals surface area contributed by atoms with Crippen molar-refractivity contribution < 1.29 is 4.74 Å². The van der Waals surface area contributed by atoms with Gasteiger partial charge in [-0.15, -0.1) is 0 Å². The highest BCUT2D eigenvalue weighted by atomic mass is 16.5. The first-order valence-corrected chi connectivity index (χ1v) is 9.42. The van der Waals surface area contributed by atoms with Crippen LogP contribution in [0, 0.1) is 13.8 Å². The van der Waals surface area contributed by atoms with E-state index in [4.69, 9.17) is 4.74 Å². The van der Waals surface area contributed by atoms with E-state index in [1.54, 1.807) is 0 Å². The third-order valence-corrected chi connectivity index (χ3v) is 5.05. The van der Waals surface area contributed by atoms with Gasteiger partial charge in [-0.05, 0) is 43.2 Å². The number of H-pyrrole nitrogens is 1. The highest BCUT2D eigenvalue weighted by Gasteiger charge is 2.28. The van der Waals surface area contributed by atoms with Gasteiger partial charge in [-0.25, -0.2) is 4.98 Å². The molecule has 1 unspecified atom stereocenters. The zero-order valence-electron chi connectivity index (χ0n) is 15.9. The van der Waals surface area contributed by atoms with Crippen molar-refractivity contribution in [1.29, 1.82) is 0 Å². The number of benzene rings is 2. The molecule has 0 amide bonds. The van der Waals surface area contributed by atoms with Crippen LogP contribution in [0.2, 0.25) is 0 Å². The number of para-hydroxylation sites is 1. The summed E-state index contributed by atoms with van der Waals surface area (Å²) in [6, 6.07) is 20.6. The third-order valence-electron chi connectivity index (χ3n) is 5.05. The van der Waals surface area contributed by atoms with E-state index in [1.807, 2.05) is 36.5 Å². The van der Waals surface area contributed by atoms with E-state index in [9.17, 15) is 0 Å². The molecule has 1 atom stereocenters. The van der Waals surface area contributed by atoms with Gasteiger partial charge >= 0.3 is 0 Å². The first-order valence-electron chi connectivity index (χ1n) is 9.42. The van der Waals surface area contributed by atoms with Crippen LogP contribution in [-0.2, 0) is 0 Å². The number of pyridine rings is 1. The van der Waals surface area contributed by atoms with Crippen molar-refractivity contribution in [2.45, 2.75) is 20.1 Å². The van der Waals surface area contributed by atoms with Crippen LogP contribution in [0.25, 0.3) is 16.6 Å². The summed E-state index contributed by atoms with van der Waals surface area (Å²) >= 11 is 0. The molecule has 4 heteroatoms. The van der Waals surface area contributed by atoms with Crippen LogP contribution < -0.4 is 10.1 Å². The standard InChI is InChI=1S/C24H21N3O/c1-15-7-6-8-17(11-15)20-14-26-24(28-18-9-4-3-5-10-18)22-21(20)19-12-16(2)13-25-23(19)27-22/h3-14,24,26H,1-2H3,(H,25,27). The molecule has 1 aliphatic heterocycles. The lowest BCUT2D eigenvalue weighted by Crippen LogP contribution is -2.26.